The number of nitrogens with zero attached hydrogens (tertiary/aromatic N) is 3. The summed E-state index contributed by atoms with van der Waals surface area (Å²) in [5.41, 5.74) is 11.2. The number of nitrogens with two attached hydrogens (primary N) is 1. The van der Waals surface area contributed by atoms with E-state index in [1.54, 1.807) is 0 Å². The van der Waals surface area contributed by atoms with Crippen LogP contribution in [0, 0.1) is 13.8 Å². The van der Waals surface area contributed by atoms with Gasteiger partial charge in [-0.05, 0) is 60.6 Å². The average Bonchev–Trinajstić information content (AvgIpc) is 2.80. The molecule has 0 aliphatic carbocycles. The van der Waals surface area contributed by atoms with E-state index in [4.69, 9.17) is 5.73 Å². The van der Waals surface area contributed by atoms with Gasteiger partial charge in [-0.15, -0.1) is 0 Å². The number of hydrogen-bond donors (Lipinski definition) is 1. The number of likely N-dealkylation sites (N-methyl/N-ethyl adjacent to an activating group) is 1. The molecule has 1 heterocycles. The highest BCUT2D eigenvalue weighted by atomic mass is 79.9. The molecule has 0 spiro atoms. The second kappa shape index (κ2) is 6.73. The highest BCUT2D eigenvalue weighted by Crippen LogP contribution is 2.27. The van der Waals surface area contributed by atoms with Gasteiger partial charge in [0.05, 0.1) is 29.0 Å². The summed E-state index contributed by atoms with van der Waals surface area (Å²) in [7, 11) is 4.11. The molecule has 0 fully saturated rings. The quantitative estimate of drug-likeness (QED) is 0.901. The Morgan fingerprint density at radius 1 is 1.29 bits per heavy atom. The summed E-state index contributed by atoms with van der Waals surface area (Å²) in [6, 6.07) is 6.21. The molecule has 4 nitrogen and oxygen atoms in total. The molecule has 1 aromatic heterocycles. The molecule has 2 rings (SSSR count). The van der Waals surface area contributed by atoms with Gasteiger partial charge >= 0.3 is 0 Å². The molecule has 2 aromatic rings. The number of rotatable bonds is 5. The first-order chi connectivity index (χ1) is 9.90. The van der Waals surface area contributed by atoms with Gasteiger partial charge in [0.25, 0.3) is 0 Å². The molecule has 0 bridgehead atoms. The summed E-state index contributed by atoms with van der Waals surface area (Å²) >= 11 is 3.58. The summed E-state index contributed by atoms with van der Waals surface area (Å²) in [6.45, 7) is 5.99. The van der Waals surface area contributed by atoms with E-state index in [9.17, 15) is 0 Å². The van der Waals surface area contributed by atoms with Crippen LogP contribution in [0.25, 0.3) is 0 Å². The zero-order chi connectivity index (χ0) is 15.6. The molecule has 0 aliphatic rings. The molecule has 1 atom stereocenters. The molecular weight excluding hydrogens is 328 g/mol. The first-order valence-electron chi connectivity index (χ1n) is 7.09. The molecule has 0 amide bonds. The van der Waals surface area contributed by atoms with Crippen molar-refractivity contribution in [3.8, 4) is 0 Å². The molecule has 21 heavy (non-hydrogen) atoms. The first kappa shape index (κ1) is 16.2. The van der Waals surface area contributed by atoms with E-state index in [0.29, 0.717) is 0 Å². The van der Waals surface area contributed by atoms with Gasteiger partial charge in [-0.2, -0.15) is 5.10 Å². The van der Waals surface area contributed by atoms with Crippen molar-refractivity contribution < 1.29 is 0 Å². The maximum absolute atomic E-state index is 6.48. The van der Waals surface area contributed by atoms with E-state index in [1.807, 2.05) is 10.9 Å². The fraction of sp³-hybridized carbons (Fsp3) is 0.438. The maximum Gasteiger partial charge on any atom is 0.0739 e. The number of hydrogen-bond acceptors (Lipinski definition) is 3. The van der Waals surface area contributed by atoms with Gasteiger partial charge in [-0.1, -0.05) is 18.2 Å². The van der Waals surface area contributed by atoms with Crippen LogP contribution in [0.4, 0.5) is 0 Å². The lowest BCUT2D eigenvalue weighted by Crippen LogP contribution is -2.23. The van der Waals surface area contributed by atoms with E-state index in [0.717, 1.165) is 28.8 Å². The van der Waals surface area contributed by atoms with Crippen LogP contribution in [0.2, 0.25) is 0 Å². The van der Waals surface area contributed by atoms with Crippen LogP contribution in [-0.4, -0.2) is 35.3 Å². The Bertz CT molecular complexity index is 619. The molecule has 0 saturated carbocycles. The summed E-state index contributed by atoms with van der Waals surface area (Å²) in [4.78, 5) is 2.14. The second-order valence-corrected chi connectivity index (χ2v) is 6.58. The van der Waals surface area contributed by atoms with Crippen molar-refractivity contribution in [3.63, 3.8) is 0 Å². The molecule has 1 aromatic carbocycles. The lowest BCUT2D eigenvalue weighted by Gasteiger charge is -2.18. The van der Waals surface area contributed by atoms with Crippen LogP contribution in [0.15, 0.2) is 28.9 Å². The van der Waals surface area contributed by atoms with Gasteiger partial charge in [0, 0.05) is 6.54 Å². The topological polar surface area (TPSA) is 47.1 Å². The Hall–Kier alpha value is -1.17. The second-order valence-electron chi connectivity index (χ2n) is 5.73. The van der Waals surface area contributed by atoms with Gasteiger partial charge < -0.3 is 10.6 Å². The standard InChI is InChI=1S/C16H23BrN4/c1-11-5-6-13(9-12(11)2)15(18)16-14(17)10-19-21(16)8-7-20(3)4/h5-6,9-10,15H,7-8,18H2,1-4H3. The fourth-order valence-corrected chi connectivity index (χ4v) is 2.81. The first-order valence-corrected chi connectivity index (χ1v) is 7.88. The Morgan fingerprint density at radius 3 is 2.62 bits per heavy atom. The number of aryl methyl sites for hydroxylation is 2. The highest BCUT2D eigenvalue weighted by Gasteiger charge is 2.18. The SMILES string of the molecule is Cc1ccc(C(N)c2c(Br)cnn2CCN(C)C)cc1C. The van der Waals surface area contributed by atoms with E-state index in [2.05, 4.69) is 72.1 Å². The monoisotopic (exact) mass is 350 g/mol. The largest absolute Gasteiger partial charge is 0.319 e. The molecule has 0 aliphatic heterocycles. The minimum atomic E-state index is -0.177. The third kappa shape index (κ3) is 3.73. The third-order valence-corrected chi connectivity index (χ3v) is 4.39. The van der Waals surface area contributed by atoms with Crippen LogP contribution >= 0.6 is 15.9 Å². The third-order valence-electron chi connectivity index (χ3n) is 3.78. The molecule has 0 saturated heterocycles. The molecule has 1 unspecified atom stereocenters. The molecular formula is C16H23BrN4. The van der Waals surface area contributed by atoms with E-state index >= 15 is 0 Å². The van der Waals surface area contributed by atoms with Crippen molar-refractivity contribution in [1.82, 2.24) is 14.7 Å². The van der Waals surface area contributed by atoms with Crippen molar-refractivity contribution in [2.24, 2.45) is 5.73 Å². The van der Waals surface area contributed by atoms with E-state index in [-0.39, 0.29) is 6.04 Å². The van der Waals surface area contributed by atoms with Gasteiger partial charge in [-0.25, -0.2) is 0 Å². The van der Waals surface area contributed by atoms with Crippen molar-refractivity contribution in [1.29, 1.82) is 0 Å². The Kier molecular flexibility index (Phi) is 5.19. The van der Waals surface area contributed by atoms with Gasteiger partial charge in [0.2, 0.25) is 0 Å². The van der Waals surface area contributed by atoms with Crippen molar-refractivity contribution in [3.05, 3.63) is 51.3 Å². The van der Waals surface area contributed by atoms with Crippen molar-refractivity contribution in [2.45, 2.75) is 26.4 Å². The normalized spacial score (nSPS) is 12.9. The van der Waals surface area contributed by atoms with Crippen LogP contribution in [0.3, 0.4) is 0 Å². The molecule has 2 N–H and O–H groups in total. The summed E-state index contributed by atoms with van der Waals surface area (Å²) < 4.78 is 2.95. The van der Waals surface area contributed by atoms with Crippen molar-refractivity contribution in [2.75, 3.05) is 20.6 Å². The Balaban J connectivity index is 2.31. The summed E-state index contributed by atoms with van der Waals surface area (Å²) in [6.07, 6.45) is 1.83. The minimum Gasteiger partial charge on any atom is -0.319 e. The molecule has 114 valence electrons. The van der Waals surface area contributed by atoms with E-state index < -0.39 is 0 Å². The van der Waals surface area contributed by atoms with Crippen LogP contribution in [0.1, 0.15) is 28.4 Å². The lowest BCUT2D eigenvalue weighted by molar-refractivity contribution is 0.368. The Labute approximate surface area is 135 Å². The Morgan fingerprint density at radius 2 is 2.00 bits per heavy atom. The van der Waals surface area contributed by atoms with Gasteiger partial charge in [0.15, 0.2) is 0 Å². The predicted molar refractivity (Wildman–Crippen MR) is 90.4 cm³/mol. The zero-order valence-electron chi connectivity index (χ0n) is 13.1. The average molecular weight is 351 g/mol. The lowest BCUT2D eigenvalue weighted by atomic mass is 9.99. The predicted octanol–water partition coefficient (Wildman–Crippen LogP) is 2.87. The fourth-order valence-electron chi connectivity index (χ4n) is 2.27. The zero-order valence-corrected chi connectivity index (χ0v) is 14.7. The molecule has 0 radical (unpaired) electrons. The smallest absolute Gasteiger partial charge is 0.0739 e. The van der Waals surface area contributed by atoms with Crippen molar-refractivity contribution >= 4 is 15.9 Å². The highest BCUT2D eigenvalue weighted by molar-refractivity contribution is 9.10. The van der Waals surface area contributed by atoms with Crippen LogP contribution in [-0.2, 0) is 6.54 Å². The number of benzene rings is 1. The van der Waals surface area contributed by atoms with Crippen LogP contribution < -0.4 is 5.73 Å². The minimum absolute atomic E-state index is 0.177. The van der Waals surface area contributed by atoms with Gasteiger partial charge in [0.1, 0.15) is 0 Å². The molecule has 5 heteroatoms. The van der Waals surface area contributed by atoms with E-state index in [1.165, 1.54) is 11.1 Å². The van der Waals surface area contributed by atoms with Crippen LogP contribution in [0.5, 0.6) is 0 Å². The number of halogens is 1. The van der Waals surface area contributed by atoms with Gasteiger partial charge in [-0.3, -0.25) is 4.68 Å². The summed E-state index contributed by atoms with van der Waals surface area (Å²) in [5, 5.41) is 4.44. The maximum atomic E-state index is 6.48. The number of aromatic nitrogens is 2. The summed E-state index contributed by atoms with van der Waals surface area (Å²) in [5.74, 6) is 0.